The number of carbonyl (C=O) groups excluding carboxylic acids is 1. The first kappa shape index (κ1) is 17.1. The summed E-state index contributed by atoms with van der Waals surface area (Å²) in [6, 6.07) is 2.70. The topological polar surface area (TPSA) is 62.2 Å². The van der Waals surface area contributed by atoms with E-state index in [0.717, 1.165) is 19.3 Å². The third-order valence-electron chi connectivity index (χ3n) is 3.59. The number of nitrogens with zero attached hydrogens (tertiary/aromatic N) is 1. The van der Waals surface area contributed by atoms with Crippen LogP contribution in [0.3, 0.4) is 0 Å². The monoisotopic (exact) mass is 334 g/mol. The van der Waals surface area contributed by atoms with Crippen LogP contribution in [0.25, 0.3) is 0 Å². The van der Waals surface area contributed by atoms with Crippen molar-refractivity contribution in [2.24, 2.45) is 0 Å². The van der Waals surface area contributed by atoms with Crippen LogP contribution in [0.15, 0.2) is 23.4 Å². The maximum absolute atomic E-state index is 12.5. The summed E-state index contributed by atoms with van der Waals surface area (Å²) in [6.45, 7) is 0.0385. The van der Waals surface area contributed by atoms with Crippen LogP contribution in [-0.4, -0.2) is 33.7 Å². The summed E-state index contributed by atoms with van der Waals surface area (Å²) < 4.78 is 37.4. The van der Waals surface area contributed by atoms with Gasteiger partial charge in [-0.2, -0.15) is 13.2 Å². The van der Waals surface area contributed by atoms with Gasteiger partial charge in [-0.3, -0.25) is 4.79 Å². The van der Waals surface area contributed by atoms with Gasteiger partial charge < -0.3 is 10.4 Å². The van der Waals surface area contributed by atoms with Crippen LogP contribution in [0.2, 0.25) is 0 Å². The smallest absolute Gasteiger partial charge is 0.388 e. The molecule has 1 saturated carbocycles. The number of hydrogen-bond donors (Lipinski definition) is 2. The van der Waals surface area contributed by atoms with E-state index >= 15 is 0 Å². The average Bonchev–Trinajstić information content (AvgIpc) is 2.45. The highest BCUT2D eigenvalue weighted by Gasteiger charge is 2.33. The summed E-state index contributed by atoms with van der Waals surface area (Å²) in [4.78, 5) is 15.7. The third kappa shape index (κ3) is 4.88. The van der Waals surface area contributed by atoms with Crippen LogP contribution in [0.4, 0.5) is 13.2 Å². The number of alkyl halides is 3. The Balaban J connectivity index is 2.03. The molecule has 122 valence electrons. The van der Waals surface area contributed by atoms with E-state index in [4.69, 9.17) is 0 Å². The number of thioether (sulfide) groups is 1. The fourth-order valence-corrected chi connectivity index (χ4v) is 3.08. The van der Waals surface area contributed by atoms with Gasteiger partial charge in [-0.1, -0.05) is 19.3 Å². The van der Waals surface area contributed by atoms with Gasteiger partial charge in [0.25, 0.3) is 5.91 Å². The van der Waals surface area contributed by atoms with Gasteiger partial charge in [-0.15, -0.1) is 0 Å². The molecule has 22 heavy (non-hydrogen) atoms. The molecule has 1 aliphatic carbocycles. The number of hydrogen-bond acceptors (Lipinski definition) is 4. The highest BCUT2D eigenvalue weighted by atomic mass is 32.2. The Kier molecular flexibility index (Phi) is 5.33. The Morgan fingerprint density at radius 3 is 2.68 bits per heavy atom. The normalized spacial score (nSPS) is 18.0. The molecule has 1 aromatic heterocycles. The van der Waals surface area contributed by atoms with E-state index in [0.29, 0.717) is 12.8 Å². The number of aliphatic hydroxyl groups is 1. The van der Waals surface area contributed by atoms with Crippen molar-refractivity contribution in [2.45, 2.75) is 48.2 Å². The quantitative estimate of drug-likeness (QED) is 0.831. The van der Waals surface area contributed by atoms with Crippen LogP contribution in [0.5, 0.6) is 0 Å². The molecule has 0 saturated heterocycles. The van der Waals surface area contributed by atoms with E-state index in [-0.39, 0.29) is 17.1 Å². The first-order valence-corrected chi connectivity index (χ1v) is 7.82. The van der Waals surface area contributed by atoms with Crippen LogP contribution >= 0.6 is 11.8 Å². The van der Waals surface area contributed by atoms with Gasteiger partial charge in [0.05, 0.1) is 11.2 Å². The molecule has 4 nitrogen and oxygen atoms in total. The zero-order chi connectivity index (χ0) is 16.2. The summed E-state index contributed by atoms with van der Waals surface area (Å²) in [5.74, 6) is -0.654. The Morgan fingerprint density at radius 1 is 1.36 bits per heavy atom. The fourth-order valence-electron chi connectivity index (χ4n) is 2.48. The van der Waals surface area contributed by atoms with Gasteiger partial charge in [-0.05, 0) is 25.0 Å². The Hall–Kier alpha value is -1.28. The molecular formula is C14H17F3N2O2S. The minimum Gasteiger partial charge on any atom is -0.388 e. The summed E-state index contributed by atoms with van der Waals surface area (Å²) in [5.41, 5.74) is -5.61. The molecule has 1 amide bonds. The van der Waals surface area contributed by atoms with E-state index in [1.54, 1.807) is 0 Å². The standard InChI is InChI=1S/C14H17F3N2O2S/c15-14(16,17)22-12-10(5-4-8-18-12)11(20)19-9-13(21)6-2-1-3-7-13/h4-5,8,21H,1-3,6-7,9H2,(H,19,20). The SMILES string of the molecule is O=C(NCC1(O)CCCCC1)c1cccnc1SC(F)(F)F. The van der Waals surface area contributed by atoms with E-state index in [1.165, 1.54) is 18.3 Å². The lowest BCUT2D eigenvalue weighted by Gasteiger charge is -2.32. The number of nitrogens with one attached hydrogen (secondary N) is 1. The molecule has 0 radical (unpaired) electrons. The van der Waals surface area contributed by atoms with Gasteiger partial charge in [0.15, 0.2) is 0 Å². The summed E-state index contributed by atoms with van der Waals surface area (Å²) in [7, 11) is 0. The van der Waals surface area contributed by atoms with Crippen molar-refractivity contribution in [1.82, 2.24) is 10.3 Å². The van der Waals surface area contributed by atoms with Crippen molar-refractivity contribution in [3.05, 3.63) is 23.9 Å². The summed E-state index contributed by atoms with van der Waals surface area (Å²) in [6.07, 6.45) is 5.20. The fraction of sp³-hybridized carbons (Fsp3) is 0.571. The van der Waals surface area contributed by atoms with Crippen molar-refractivity contribution >= 4 is 17.7 Å². The van der Waals surface area contributed by atoms with Crippen molar-refractivity contribution in [2.75, 3.05) is 6.54 Å². The van der Waals surface area contributed by atoms with Crippen molar-refractivity contribution in [3.63, 3.8) is 0 Å². The lowest BCUT2D eigenvalue weighted by Crippen LogP contribution is -2.44. The van der Waals surface area contributed by atoms with E-state index in [1.807, 2.05) is 0 Å². The van der Waals surface area contributed by atoms with Crippen molar-refractivity contribution < 1.29 is 23.1 Å². The molecule has 2 rings (SSSR count). The maximum Gasteiger partial charge on any atom is 0.447 e. The Morgan fingerprint density at radius 2 is 2.05 bits per heavy atom. The van der Waals surface area contributed by atoms with Gasteiger partial charge in [0.2, 0.25) is 0 Å². The van der Waals surface area contributed by atoms with Crippen LogP contribution < -0.4 is 5.32 Å². The number of rotatable bonds is 4. The number of halogens is 3. The molecule has 1 heterocycles. The zero-order valence-electron chi connectivity index (χ0n) is 11.8. The second-order valence-corrected chi connectivity index (χ2v) is 6.43. The third-order valence-corrected chi connectivity index (χ3v) is 4.34. The van der Waals surface area contributed by atoms with Crippen LogP contribution in [0, 0.1) is 0 Å². The molecule has 1 aliphatic rings. The molecule has 0 aromatic carbocycles. The van der Waals surface area contributed by atoms with Gasteiger partial charge in [0.1, 0.15) is 5.03 Å². The minimum absolute atomic E-state index is 0.0385. The summed E-state index contributed by atoms with van der Waals surface area (Å²) >= 11 is -0.418. The molecule has 1 aromatic rings. The first-order valence-electron chi connectivity index (χ1n) is 7.00. The number of carbonyl (C=O) groups is 1. The van der Waals surface area contributed by atoms with Gasteiger partial charge in [-0.25, -0.2) is 4.98 Å². The molecule has 0 bridgehead atoms. The predicted molar refractivity (Wildman–Crippen MR) is 76.5 cm³/mol. The molecule has 0 spiro atoms. The Labute approximate surface area is 130 Å². The second-order valence-electron chi connectivity index (χ2n) is 5.37. The zero-order valence-corrected chi connectivity index (χ0v) is 12.6. The van der Waals surface area contributed by atoms with E-state index in [2.05, 4.69) is 10.3 Å². The highest BCUT2D eigenvalue weighted by molar-refractivity contribution is 8.00. The average molecular weight is 334 g/mol. The molecule has 1 fully saturated rings. The molecular weight excluding hydrogens is 317 g/mol. The van der Waals surface area contributed by atoms with E-state index < -0.39 is 28.8 Å². The van der Waals surface area contributed by atoms with Crippen LogP contribution in [-0.2, 0) is 0 Å². The van der Waals surface area contributed by atoms with Crippen LogP contribution in [0.1, 0.15) is 42.5 Å². The van der Waals surface area contributed by atoms with E-state index in [9.17, 15) is 23.1 Å². The molecule has 8 heteroatoms. The molecule has 0 atom stereocenters. The van der Waals surface area contributed by atoms with Crippen molar-refractivity contribution in [1.29, 1.82) is 0 Å². The second kappa shape index (κ2) is 6.87. The van der Waals surface area contributed by atoms with Crippen molar-refractivity contribution in [3.8, 4) is 0 Å². The number of aromatic nitrogens is 1. The molecule has 0 unspecified atom stereocenters. The Bertz CT molecular complexity index is 531. The maximum atomic E-state index is 12.5. The molecule has 0 aliphatic heterocycles. The lowest BCUT2D eigenvalue weighted by molar-refractivity contribution is -0.0329. The number of pyridine rings is 1. The van der Waals surface area contributed by atoms with Gasteiger partial charge >= 0.3 is 5.51 Å². The minimum atomic E-state index is -4.51. The molecule has 2 N–H and O–H groups in total. The predicted octanol–water partition coefficient (Wildman–Crippen LogP) is 3.12. The number of amides is 1. The van der Waals surface area contributed by atoms with Gasteiger partial charge in [0, 0.05) is 24.5 Å². The largest absolute Gasteiger partial charge is 0.447 e. The lowest BCUT2D eigenvalue weighted by atomic mass is 9.85. The summed E-state index contributed by atoms with van der Waals surface area (Å²) in [5, 5.41) is 12.4. The first-order chi connectivity index (χ1) is 10.3. The highest BCUT2D eigenvalue weighted by Crippen LogP contribution is 2.37.